The molecule has 0 spiro atoms. The van der Waals surface area contributed by atoms with Gasteiger partial charge < -0.3 is 4.90 Å². The second kappa shape index (κ2) is 6.34. The summed E-state index contributed by atoms with van der Waals surface area (Å²) in [6, 6.07) is 12.5. The second-order valence-corrected chi connectivity index (χ2v) is 6.80. The molecule has 1 aliphatic carbocycles. The molecule has 2 heterocycles. The van der Waals surface area contributed by atoms with Gasteiger partial charge in [0, 0.05) is 44.5 Å². The molecule has 1 saturated heterocycles. The summed E-state index contributed by atoms with van der Waals surface area (Å²) in [5.74, 6) is -0.0392. The Morgan fingerprint density at radius 1 is 1.24 bits per heavy atom. The Balaban J connectivity index is 1.58. The van der Waals surface area contributed by atoms with E-state index in [9.17, 15) is 10.1 Å². The average molecular weight is 335 g/mol. The van der Waals surface area contributed by atoms with Crippen LogP contribution in [0.1, 0.15) is 23.2 Å². The number of aryl methyl sites for hydroxylation is 1. The highest BCUT2D eigenvalue weighted by Crippen LogP contribution is 2.31. The smallest absolute Gasteiger partial charge is 0.257 e. The van der Waals surface area contributed by atoms with Gasteiger partial charge in [-0.25, -0.2) is 0 Å². The van der Waals surface area contributed by atoms with Crippen molar-refractivity contribution in [2.24, 2.45) is 7.05 Å². The number of carbonyl (C=O) groups is 1. The van der Waals surface area contributed by atoms with Crippen LogP contribution in [0.4, 0.5) is 0 Å². The first-order chi connectivity index (χ1) is 12.2. The van der Waals surface area contributed by atoms with E-state index in [1.807, 2.05) is 37.4 Å². The normalized spacial score (nSPS) is 21.1. The van der Waals surface area contributed by atoms with Crippen LogP contribution in [0.15, 0.2) is 36.5 Å². The first kappa shape index (κ1) is 15.9. The van der Waals surface area contributed by atoms with E-state index in [0.717, 1.165) is 12.1 Å². The number of rotatable bonds is 3. The highest BCUT2D eigenvalue weighted by atomic mass is 16.2. The third kappa shape index (κ3) is 3.03. The molecule has 1 aromatic carbocycles. The Labute approximate surface area is 147 Å². The van der Waals surface area contributed by atoms with Crippen molar-refractivity contribution in [3.8, 4) is 17.3 Å². The third-order valence-corrected chi connectivity index (χ3v) is 4.98. The zero-order chi connectivity index (χ0) is 17.4. The molecule has 1 saturated carbocycles. The summed E-state index contributed by atoms with van der Waals surface area (Å²) in [7, 11) is 1.83. The monoisotopic (exact) mass is 335 g/mol. The van der Waals surface area contributed by atoms with Gasteiger partial charge in [0.2, 0.25) is 0 Å². The van der Waals surface area contributed by atoms with Crippen LogP contribution in [-0.4, -0.2) is 57.2 Å². The van der Waals surface area contributed by atoms with Crippen LogP contribution in [-0.2, 0) is 7.05 Å². The van der Waals surface area contributed by atoms with Crippen molar-refractivity contribution in [3.05, 3.63) is 42.1 Å². The van der Waals surface area contributed by atoms with Gasteiger partial charge in [-0.05, 0) is 12.8 Å². The van der Waals surface area contributed by atoms with Crippen LogP contribution in [0.25, 0.3) is 11.3 Å². The van der Waals surface area contributed by atoms with Gasteiger partial charge in [0.25, 0.3) is 5.91 Å². The molecule has 6 heteroatoms. The summed E-state index contributed by atoms with van der Waals surface area (Å²) in [5.41, 5.74) is 2.23. The van der Waals surface area contributed by atoms with Crippen molar-refractivity contribution < 1.29 is 4.79 Å². The van der Waals surface area contributed by atoms with E-state index in [1.165, 1.54) is 12.8 Å². The summed E-state index contributed by atoms with van der Waals surface area (Å²) < 4.78 is 1.68. The van der Waals surface area contributed by atoms with E-state index in [2.05, 4.69) is 16.1 Å². The fourth-order valence-corrected chi connectivity index (χ4v) is 3.56. The Bertz CT molecular complexity index is 818. The van der Waals surface area contributed by atoms with Crippen molar-refractivity contribution in [2.75, 3.05) is 19.6 Å². The van der Waals surface area contributed by atoms with E-state index in [1.54, 1.807) is 15.8 Å². The number of aromatic nitrogens is 2. The maximum atomic E-state index is 13.1. The summed E-state index contributed by atoms with van der Waals surface area (Å²) >= 11 is 0. The first-order valence-corrected chi connectivity index (χ1v) is 8.71. The summed E-state index contributed by atoms with van der Waals surface area (Å²) in [6.07, 6.45) is 4.12. The van der Waals surface area contributed by atoms with Crippen molar-refractivity contribution in [1.29, 1.82) is 5.26 Å². The zero-order valence-electron chi connectivity index (χ0n) is 14.3. The fraction of sp³-hybridized carbons (Fsp3) is 0.421. The van der Waals surface area contributed by atoms with Gasteiger partial charge in [0.15, 0.2) is 0 Å². The van der Waals surface area contributed by atoms with Gasteiger partial charge in [0.05, 0.1) is 11.6 Å². The standard InChI is InChI=1S/C19H21N5O/c1-22-13-17(18(21-22)14-5-3-2-4-6-14)19(25)23-9-10-24(15-7-8-15)16(11-20)12-23/h2-6,13,15-16H,7-10,12H2,1H3. The quantitative estimate of drug-likeness (QED) is 0.859. The lowest BCUT2D eigenvalue weighted by atomic mass is 10.1. The molecule has 4 rings (SSSR count). The molecule has 1 atom stereocenters. The van der Waals surface area contributed by atoms with Crippen molar-refractivity contribution in [3.63, 3.8) is 0 Å². The molecule has 1 aromatic heterocycles. The molecule has 2 aliphatic rings. The molecule has 6 nitrogen and oxygen atoms in total. The van der Waals surface area contributed by atoms with Crippen molar-refractivity contribution >= 4 is 5.91 Å². The molecule has 25 heavy (non-hydrogen) atoms. The number of hydrogen-bond donors (Lipinski definition) is 0. The van der Waals surface area contributed by atoms with Gasteiger partial charge in [-0.1, -0.05) is 30.3 Å². The number of benzene rings is 1. The molecule has 1 amide bonds. The van der Waals surface area contributed by atoms with Crippen LogP contribution in [0.5, 0.6) is 0 Å². The highest BCUT2D eigenvalue weighted by Gasteiger charge is 2.39. The van der Waals surface area contributed by atoms with Gasteiger partial charge in [0.1, 0.15) is 11.7 Å². The van der Waals surface area contributed by atoms with Gasteiger partial charge in [-0.2, -0.15) is 10.4 Å². The van der Waals surface area contributed by atoms with E-state index >= 15 is 0 Å². The Hall–Kier alpha value is -2.65. The fourth-order valence-electron chi connectivity index (χ4n) is 3.56. The number of piperazine rings is 1. The average Bonchev–Trinajstić information content (AvgIpc) is 3.42. The maximum absolute atomic E-state index is 13.1. The van der Waals surface area contributed by atoms with E-state index in [-0.39, 0.29) is 11.9 Å². The molecule has 1 aliphatic heterocycles. The summed E-state index contributed by atoms with van der Waals surface area (Å²) in [6.45, 7) is 1.90. The number of nitrogens with zero attached hydrogens (tertiary/aromatic N) is 5. The Morgan fingerprint density at radius 2 is 2.00 bits per heavy atom. The van der Waals surface area contributed by atoms with Crippen LogP contribution in [0, 0.1) is 11.3 Å². The van der Waals surface area contributed by atoms with Crippen LogP contribution in [0.3, 0.4) is 0 Å². The number of nitriles is 1. The first-order valence-electron chi connectivity index (χ1n) is 8.71. The summed E-state index contributed by atoms with van der Waals surface area (Å²) in [4.78, 5) is 17.2. The van der Waals surface area contributed by atoms with Crippen LogP contribution >= 0.6 is 0 Å². The van der Waals surface area contributed by atoms with E-state index in [0.29, 0.717) is 30.4 Å². The third-order valence-electron chi connectivity index (χ3n) is 4.98. The van der Waals surface area contributed by atoms with Crippen LogP contribution in [0.2, 0.25) is 0 Å². The highest BCUT2D eigenvalue weighted by molar-refractivity contribution is 5.99. The molecule has 0 radical (unpaired) electrons. The van der Waals surface area contributed by atoms with Crippen molar-refractivity contribution in [1.82, 2.24) is 19.6 Å². The molecule has 1 unspecified atom stereocenters. The van der Waals surface area contributed by atoms with Crippen LogP contribution < -0.4 is 0 Å². The number of hydrogen-bond acceptors (Lipinski definition) is 4. The predicted molar refractivity (Wildman–Crippen MR) is 93.7 cm³/mol. The van der Waals surface area contributed by atoms with E-state index < -0.39 is 0 Å². The van der Waals surface area contributed by atoms with E-state index in [4.69, 9.17) is 0 Å². The largest absolute Gasteiger partial charge is 0.335 e. The second-order valence-electron chi connectivity index (χ2n) is 6.80. The minimum atomic E-state index is -0.206. The molecular formula is C19H21N5O. The minimum absolute atomic E-state index is 0.0392. The number of carbonyl (C=O) groups excluding carboxylic acids is 1. The van der Waals surface area contributed by atoms with Gasteiger partial charge in [-0.15, -0.1) is 0 Å². The molecular weight excluding hydrogens is 314 g/mol. The lowest BCUT2D eigenvalue weighted by molar-refractivity contribution is 0.0551. The lowest BCUT2D eigenvalue weighted by Crippen LogP contribution is -2.54. The topological polar surface area (TPSA) is 65.2 Å². The summed E-state index contributed by atoms with van der Waals surface area (Å²) in [5, 5.41) is 14.0. The molecule has 0 bridgehead atoms. The molecule has 128 valence electrons. The van der Waals surface area contributed by atoms with Gasteiger partial charge in [-0.3, -0.25) is 14.4 Å². The lowest BCUT2D eigenvalue weighted by Gasteiger charge is -2.38. The predicted octanol–water partition coefficient (Wildman–Crippen LogP) is 1.90. The number of amides is 1. The molecule has 0 N–H and O–H groups in total. The Kier molecular flexibility index (Phi) is 4.02. The maximum Gasteiger partial charge on any atom is 0.257 e. The van der Waals surface area contributed by atoms with Gasteiger partial charge >= 0.3 is 0 Å². The molecule has 2 fully saturated rings. The van der Waals surface area contributed by atoms with Crippen molar-refractivity contribution in [2.45, 2.75) is 24.9 Å². The SMILES string of the molecule is Cn1cc(C(=O)N2CCN(C3CC3)C(C#N)C2)c(-c2ccccc2)n1. The zero-order valence-corrected chi connectivity index (χ0v) is 14.3. The molecule has 2 aromatic rings. The minimum Gasteiger partial charge on any atom is -0.335 e. The Morgan fingerprint density at radius 3 is 2.68 bits per heavy atom.